The van der Waals surface area contributed by atoms with E-state index in [0.29, 0.717) is 21.2 Å². The van der Waals surface area contributed by atoms with Crippen molar-refractivity contribution in [1.29, 1.82) is 0 Å². The van der Waals surface area contributed by atoms with Gasteiger partial charge in [-0.1, -0.05) is 23.7 Å². The van der Waals surface area contributed by atoms with Crippen molar-refractivity contribution >= 4 is 56.7 Å². The molecule has 0 atom stereocenters. The lowest BCUT2D eigenvalue weighted by molar-refractivity contribution is 0.102. The van der Waals surface area contributed by atoms with Gasteiger partial charge in [-0.25, -0.2) is 4.98 Å². The third kappa shape index (κ3) is 3.01. The van der Waals surface area contributed by atoms with Crippen LogP contribution in [0.2, 0.25) is 5.02 Å². The van der Waals surface area contributed by atoms with Gasteiger partial charge < -0.3 is 0 Å². The molecule has 0 aliphatic heterocycles. The van der Waals surface area contributed by atoms with Crippen molar-refractivity contribution in [2.75, 3.05) is 5.32 Å². The molecule has 4 aromatic rings. The summed E-state index contributed by atoms with van der Waals surface area (Å²) in [5.74, 6) is -0.220. The molecule has 2 aromatic heterocycles. The van der Waals surface area contributed by atoms with Crippen molar-refractivity contribution in [3.8, 4) is 11.3 Å². The lowest BCUT2D eigenvalue weighted by atomic mass is 10.2. The number of carbonyl (C=O) groups excluding carboxylic acids is 1. The Labute approximate surface area is 150 Å². The molecule has 0 unspecified atom stereocenters. The number of fused-ring (bicyclic) bond motifs is 1. The smallest absolute Gasteiger partial charge is 0.257 e. The molecule has 2 aromatic carbocycles. The van der Waals surface area contributed by atoms with Crippen LogP contribution in [0.15, 0.2) is 47.8 Å². The molecule has 0 saturated carbocycles. The van der Waals surface area contributed by atoms with Crippen molar-refractivity contribution in [2.45, 2.75) is 0 Å². The first-order chi connectivity index (χ1) is 11.7. The highest BCUT2D eigenvalue weighted by molar-refractivity contribution is 7.14. The summed E-state index contributed by atoms with van der Waals surface area (Å²) < 4.78 is 8.27. The molecule has 0 saturated heterocycles. The lowest BCUT2D eigenvalue weighted by Crippen LogP contribution is -2.11. The molecule has 0 radical (unpaired) electrons. The number of rotatable bonds is 3. The predicted molar refractivity (Wildman–Crippen MR) is 97.9 cm³/mol. The molecule has 118 valence electrons. The number of halogens is 1. The Bertz CT molecular complexity index is 1030. The van der Waals surface area contributed by atoms with E-state index in [2.05, 4.69) is 19.0 Å². The van der Waals surface area contributed by atoms with Crippen LogP contribution in [0.4, 0.5) is 5.13 Å². The van der Waals surface area contributed by atoms with Crippen molar-refractivity contribution in [3.63, 3.8) is 0 Å². The van der Waals surface area contributed by atoms with Gasteiger partial charge in [-0.2, -0.15) is 8.75 Å². The van der Waals surface area contributed by atoms with Gasteiger partial charge in [0.15, 0.2) is 5.13 Å². The van der Waals surface area contributed by atoms with Crippen LogP contribution in [0.1, 0.15) is 10.4 Å². The molecular formula is C16H9ClN4OS2. The van der Waals surface area contributed by atoms with E-state index in [9.17, 15) is 4.79 Å². The van der Waals surface area contributed by atoms with E-state index in [-0.39, 0.29) is 5.91 Å². The zero-order valence-electron chi connectivity index (χ0n) is 12.1. The number of thiazole rings is 1. The summed E-state index contributed by atoms with van der Waals surface area (Å²) >= 11 is 8.39. The Morgan fingerprint density at radius 1 is 1.04 bits per heavy atom. The maximum Gasteiger partial charge on any atom is 0.257 e. The topological polar surface area (TPSA) is 67.8 Å². The van der Waals surface area contributed by atoms with Crippen LogP contribution in [0.3, 0.4) is 0 Å². The Balaban J connectivity index is 1.54. The molecule has 0 spiro atoms. The summed E-state index contributed by atoms with van der Waals surface area (Å²) in [5, 5.41) is 5.93. The normalized spacial score (nSPS) is 10.9. The molecule has 8 heteroatoms. The number of hydrogen-bond donors (Lipinski definition) is 1. The minimum absolute atomic E-state index is 0.220. The van der Waals surface area contributed by atoms with Gasteiger partial charge >= 0.3 is 0 Å². The largest absolute Gasteiger partial charge is 0.298 e. The van der Waals surface area contributed by atoms with Crippen LogP contribution in [0.25, 0.3) is 22.3 Å². The molecule has 1 N–H and O–H groups in total. The maximum absolute atomic E-state index is 12.4. The van der Waals surface area contributed by atoms with Gasteiger partial charge in [-0.3, -0.25) is 10.1 Å². The first-order valence-corrected chi connectivity index (χ1v) is 8.93. The quantitative estimate of drug-likeness (QED) is 0.565. The van der Waals surface area contributed by atoms with E-state index in [1.165, 1.54) is 11.3 Å². The number of hydrogen-bond acceptors (Lipinski definition) is 6. The van der Waals surface area contributed by atoms with Crippen LogP contribution >= 0.6 is 34.7 Å². The van der Waals surface area contributed by atoms with Crippen LogP contribution in [0, 0.1) is 0 Å². The van der Waals surface area contributed by atoms with Gasteiger partial charge in [0, 0.05) is 21.5 Å². The Kier molecular flexibility index (Phi) is 3.97. The van der Waals surface area contributed by atoms with Gasteiger partial charge in [-0.05, 0) is 30.3 Å². The summed E-state index contributed by atoms with van der Waals surface area (Å²) in [6.07, 6.45) is 0. The SMILES string of the molecule is O=C(Nc1nc(-c2ccc(Cl)cc2)cs1)c1ccc2nsnc2c1. The number of anilines is 1. The summed E-state index contributed by atoms with van der Waals surface area (Å²) in [7, 11) is 0. The number of carbonyl (C=O) groups is 1. The molecule has 2 heterocycles. The minimum Gasteiger partial charge on any atom is -0.298 e. The first kappa shape index (κ1) is 15.2. The zero-order chi connectivity index (χ0) is 16.5. The number of nitrogens with zero attached hydrogens (tertiary/aromatic N) is 3. The minimum atomic E-state index is -0.220. The molecule has 0 fully saturated rings. The van der Waals surface area contributed by atoms with Crippen molar-refractivity contribution < 1.29 is 4.79 Å². The highest BCUT2D eigenvalue weighted by Gasteiger charge is 2.11. The molecule has 0 aliphatic rings. The molecule has 0 bridgehead atoms. The summed E-state index contributed by atoms with van der Waals surface area (Å²) in [6, 6.07) is 12.7. The van der Waals surface area contributed by atoms with Crippen molar-refractivity contribution in [3.05, 3.63) is 58.4 Å². The van der Waals surface area contributed by atoms with Crippen molar-refractivity contribution in [2.24, 2.45) is 0 Å². The maximum atomic E-state index is 12.4. The average molecular weight is 373 g/mol. The summed E-state index contributed by atoms with van der Waals surface area (Å²) in [5.41, 5.74) is 3.78. The number of nitrogens with one attached hydrogen (secondary N) is 1. The fourth-order valence-corrected chi connectivity index (χ4v) is 3.54. The molecular weight excluding hydrogens is 364 g/mol. The van der Waals surface area contributed by atoms with Crippen LogP contribution in [0.5, 0.6) is 0 Å². The molecule has 4 rings (SSSR count). The molecule has 24 heavy (non-hydrogen) atoms. The molecule has 5 nitrogen and oxygen atoms in total. The average Bonchev–Trinajstić information content (AvgIpc) is 3.24. The van der Waals surface area contributed by atoms with E-state index >= 15 is 0 Å². The van der Waals surface area contributed by atoms with Gasteiger partial charge in [0.2, 0.25) is 0 Å². The zero-order valence-corrected chi connectivity index (χ0v) is 14.5. The van der Waals surface area contributed by atoms with Gasteiger partial charge in [-0.15, -0.1) is 11.3 Å². The van der Waals surface area contributed by atoms with Crippen LogP contribution in [-0.2, 0) is 0 Å². The second-order valence-electron chi connectivity index (χ2n) is 4.97. The van der Waals surface area contributed by atoms with Gasteiger partial charge in [0.1, 0.15) is 11.0 Å². The number of amides is 1. The van der Waals surface area contributed by atoms with Gasteiger partial charge in [0.25, 0.3) is 5.91 Å². The molecule has 1 amide bonds. The van der Waals surface area contributed by atoms with Crippen molar-refractivity contribution in [1.82, 2.24) is 13.7 Å². The number of benzene rings is 2. The third-order valence-corrected chi connectivity index (χ3v) is 4.95. The fourth-order valence-electron chi connectivity index (χ4n) is 2.18. The summed E-state index contributed by atoms with van der Waals surface area (Å²) in [6.45, 7) is 0. The Hall–Kier alpha value is -2.35. The second-order valence-corrected chi connectivity index (χ2v) is 6.79. The lowest BCUT2D eigenvalue weighted by Gasteiger charge is -2.01. The van der Waals surface area contributed by atoms with Gasteiger partial charge in [0.05, 0.1) is 17.4 Å². The van der Waals surface area contributed by atoms with E-state index in [4.69, 9.17) is 11.6 Å². The summed E-state index contributed by atoms with van der Waals surface area (Å²) in [4.78, 5) is 16.8. The highest BCUT2D eigenvalue weighted by Crippen LogP contribution is 2.26. The monoisotopic (exact) mass is 372 g/mol. The Morgan fingerprint density at radius 3 is 2.67 bits per heavy atom. The number of aromatic nitrogens is 3. The predicted octanol–water partition coefficient (Wildman–Crippen LogP) is 4.72. The van der Waals surface area contributed by atoms with E-state index in [1.807, 2.05) is 29.6 Å². The fraction of sp³-hybridized carbons (Fsp3) is 0. The van der Waals surface area contributed by atoms with E-state index in [1.54, 1.807) is 18.2 Å². The van der Waals surface area contributed by atoms with E-state index in [0.717, 1.165) is 28.5 Å². The third-order valence-electron chi connectivity index (χ3n) is 3.38. The molecule has 0 aliphatic carbocycles. The Morgan fingerprint density at radius 2 is 1.83 bits per heavy atom. The second kappa shape index (κ2) is 6.27. The van der Waals surface area contributed by atoms with Crippen LogP contribution < -0.4 is 5.32 Å². The standard InChI is InChI=1S/C16H9ClN4OS2/c17-11-4-1-9(2-5-11)14-8-23-16(18-14)19-15(22)10-3-6-12-13(7-10)21-24-20-12/h1-8H,(H,18,19,22). The van der Waals surface area contributed by atoms with E-state index < -0.39 is 0 Å². The highest BCUT2D eigenvalue weighted by atomic mass is 35.5. The first-order valence-electron chi connectivity index (χ1n) is 6.94. The van der Waals surface area contributed by atoms with Crippen LogP contribution in [-0.4, -0.2) is 19.6 Å².